The van der Waals surface area contributed by atoms with Gasteiger partial charge in [0.1, 0.15) is 5.75 Å². The molecule has 2 N–H and O–H groups in total. The lowest BCUT2D eigenvalue weighted by atomic mass is 10.0. The zero-order valence-electron chi connectivity index (χ0n) is 9.54. The summed E-state index contributed by atoms with van der Waals surface area (Å²) in [5.74, 6) is 1.01. The van der Waals surface area contributed by atoms with Crippen molar-refractivity contribution in [2.24, 2.45) is 5.92 Å². The molecular formula is C12H16N2O2. The third kappa shape index (κ3) is 2.17. The Hall–Kier alpha value is -1.55. The number of carbonyl (C=O) groups is 1. The van der Waals surface area contributed by atoms with Gasteiger partial charge in [-0.05, 0) is 30.7 Å². The third-order valence-corrected chi connectivity index (χ3v) is 2.84. The molecule has 1 saturated heterocycles. The van der Waals surface area contributed by atoms with E-state index in [1.807, 2.05) is 25.1 Å². The Morgan fingerprint density at radius 2 is 2.25 bits per heavy atom. The van der Waals surface area contributed by atoms with Crippen molar-refractivity contribution in [3.8, 4) is 5.75 Å². The number of ether oxygens (including phenoxy) is 1. The van der Waals surface area contributed by atoms with Gasteiger partial charge < -0.3 is 15.4 Å². The minimum Gasteiger partial charge on any atom is -0.497 e. The SMILES string of the molecule is COc1ccc(NC(=O)C2CNC2)c(C)c1. The maximum atomic E-state index is 11.7. The first-order valence-corrected chi connectivity index (χ1v) is 5.37. The topological polar surface area (TPSA) is 50.4 Å². The van der Waals surface area contributed by atoms with Gasteiger partial charge in [-0.3, -0.25) is 4.79 Å². The molecule has 4 heteroatoms. The van der Waals surface area contributed by atoms with E-state index in [0.717, 1.165) is 30.1 Å². The summed E-state index contributed by atoms with van der Waals surface area (Å²) in [6.07, 6.45) is 0. The van der Waals surface area contributed by atoms with Gasteiger partial charge in [-0.25, -0.2) is 0 Å². The van der Waals surface area contributed by atoms with Crippen LogP contribution in [0.25, 0.3) is 0 Å². The summed E-state index contributed by atoms with van der Waals surface area (Å²) in [5, 5.41) is 6.01. The molecule has 1 amide bonds. The second kappa shape index (κ2) is 4.53. The van der Waals surface area contributed by atoms with Crippen molar-refractivity contribution < 1.29 is 9.53 Å². The van der Waals surface area contributed by atoms with Crippen LogP contribution in [0.3, 0.4) is 0 Å². The average molecular weight is 220 g/mol. The molecule has 0 bridgehead atoms. The zero-order valence-corrected chi connectivity index (χ0v) is 9.54. The lowest BCUT2D eigenvalue weighted by Crippen LogP contribution is -2.48. The molecule has 0 aromatic heterocycles. The molecule has 1 aliphatic rings. The molecular weight excluding hydrogens is 204 g/mol. The highest BCUT2D eigenvalue weighted by atomic mass is 16.5. The van der Waals surface area contributed by atoms with Crippen molar-refractivity contribution >= 4 is 11.6 Å². The summed E-state index contributed by atoms with van der Waals surface area (Å²) < 4.78 is 5.11. The second-order valence-electron chi connectivity index (χ2n) is 4.03. The standard InChI is InChI=1S/C12H16N2O2/c1-8-5-10(16-2)3-4-11(8)14-12(15)9-6-13-7-9/h3-5,9,13H,6-7H2,1-2H3,(H,14,15). The number of hydrogen-bond donors (Lipinski definition) is 2. The predicted molar refractivity (Wildman–Crippen MR) is 62.7 cm³/mol. The number of anilines is 1. The Morgan fingerprint density at radius 1 is 1.50 bits per heavy atom. The van der Waals surface area contributed by atoms with E-state index in [9.17, 15) is 4.79 Å². The number of carbonyl (C=O) groups excluding carboxylic acids is 1. The van der Waals surface area contributed by atoms with Crippen LogP contribution in [0.5, 0.6) is 5.75 Å². The van der Waals surface area contributed by atoms with E-state index in [2.05, 4.69) is 10.6 Å². The Morgan fingerprint density at radius 3 is 2.75 bits per heavy atom. The first kappa shape index (κ1) is 11.0. The van der Waals surface area contributed by atoms with Crippen LogP contribution in [-0.4, -0.2) is 26.1 Å². The number of amides is 1. The van der Waals surface area contributed by atoms with Crippen molar-refractivity contribution in [1.29, 1.82) is 0 Å². The molecule has 0 radical (unpaired) electrons. The van der Waals surface area contributed by atoms with Crippen LogP contribution >= 0.6 is 0 Å². The first-order chi connectivity index (χ1) is 7.70. The van der Waals surface area contributed by atoms with E-state index in [1.54, 1.807) is 7.11 Å². The van der Waals surface area contributed by atoms with E-state index in [0.29, 0.717) is 0 Å². The van der Waals surface area contributed by atoms with Crippen LogP contribution in [0, 0.1) is 12.8 Å². The lowest BCUT2D eigenvalue weighted by Gasteiger charge is -2.26. The van der Waals surface area contributed by atoms with Crippen LogP contribution in [0.4, 0.5) is 5.69 Å². The van der Waals surface area contributed by atoms with Crippen LogP contribution in [0.1, 0.15) is 5.56 Å². The van der Waals surface area contributed by atoms with Crippen molar-refractivity contribution in [2.45, 2.75) is 6.92 Å². The number of rotatable bonds is 3. The fourth-order valence-electron chi connectivity index (χ4n) is 1.61. The summed E-state index contributed by atoms with van der Waals surface area (Å²) in [4.78, 5) is 11.7. The Kier molecular flexibility index (Phi) is 3.10. The maximum absolute atomic E-state index is 11.7. The van der Waals surface area contributed by atoms with Gasteiger partial charge in [-0.2, -0.15) is 0 Å². The van der Waals surface area contributed by atoms with Gasteiger partial charge in [-0.15, -0.1) is 0 Å². The minimum atomic E-state index is 0.0898. The molecule has 1 heterocycles. The summed E-state index contributed by atoms with van der Waals surface area (Å²) in [7, 11) is 1.63. The number of aryl methyl sites for hydroxylation is 1. The molecule has 86 valence electrons. The van der Waals surface area contributed by atoms with E-state index < -0.39 is 0 Å². The fourth-order valence-corrected chi connectivity index (χ4v) is 1.61. The predicted octanol–water partition coefficient (Wildman–Crippen LogP) is 1.16. The average Bonchev–Trinajstić information content (AvgIpc) is 2.18. The van der Waals surface area contributed by atoms with Crippen LogP contribution in [0.2, 0.25) is 0 Å². The fraction of sp³-hybridized carbons (Fsp3) is 0.417. The normalized spacial score (nSPS) is 15.4. The van der Waals surface area contributed by atoms with Crippen molar-refractivity contribution in [3.63, 3.8) is 0 Å². The highest BCUT2D eigenvalue weighted by Gasteiger charge is 2.24. The summed E-state index contributed by atoms with van der Waals surface area (Å²) in [6.45, 7) is 3.51. The van der Waals surface area contributed by atoms with Crippen molar-refractivity contribution in [2.75, 3.05) is 25.5 Å². The summed E-state index contributed by atoms with van der Waals surface area (Å²) >= 11 is 0. The van der Waals surface area contributed by atoms with Gasteiger partial charge in [0.2, 0.25) is 5.91 Å². The van der Waals surface area contributed by atoms with Crippen LogP contribution < -0.4 is 15.4 Å². The van der Waals surface area contributed by atoms with E-state index in [1.165, 1.54) is 0 Å². The van der Waals surface area contributed by atoms with Crippen LogP contribution in [0.15, 0.2) is 18.2 Å². The molecule has 0 saturated carbocycles. The van der Waals surface area contributed by atoms with Crippen molar-refractivity contribution in [1.82, 2.24) is 5.32 Å². The quantitative estimate of drug-likeness (QED) is 0.803. The Balaban J connectivity index is 2.06. The van der Waals surface area contributed by atoms with Gasteiger partial charge >= 0.3 is 0 Å². The third-order valence-electron chi connectivity index (χ3n) is 2.84. The van der Waals surface area contributed by atoms with E-state index >= 15 is 0 Å². The molecule has 2 rings (SSSR count). The van der Waals surface area contributed by atoms with Gasteiger partial charge in [-0.1, -0.05) is 0 Å². The molecule has 1 fully saturated rings. The number of methoxy groups -OCH3 is 1. The van der Waals surface area contributed by atoms with E-state index in [4.69, 9.17) is 4.74 Å². The number of benzene rings is 1. The Bertz CT molecular complexity index is 400. The maximum Gasteiger partial charge on any atom is 0.230 e. The second-order valence-corrected chi connectivity index (χ2v) is 4.03. The molecule has 1 aromatic rings. The molecule has 0 atom stereocenters. The van der Waals surface area contributed by atoms with Crippen molar-refractivity contribution in [3.05, 3.63) is 23.8 Å². The number of hydrogen-bond acceptors (Lipinski definition) is 3. The number of nitrogens with one attached hydrogen (secondary N) is 2. The van der Waals surface area contributed by atoms with E-state index in [-0.39, 0.29) is 11.8 Å². The minimum absolute atomic E-state index is 0.0898. The lowest BCUT2D eigenvalue weighted by molar-refractivity contribution is -0.121. The van der Waals surface area contributed by atoms with Gasteiger partial charge in [0, 0.05) is 18.8 Å². The highest BCUT2D eigenvalue weighted by molar-refractivity contribution is 5.94. The summed E-state index contributed by atoms with van der Waals surface area (Å²) in [6, 6.07) is 5.63. The van der Waals surface area contributed by atoms with Crippen LogP contribution in [-0.2, 0) is 4.79 Å². The summed E-state index contributed by atoms with van der Waals surface area (Å²) in [5.41, 5.74) is 1.87. The first-order valence-electron chi connectivity index (χ1n) is 5.37. The van der Waals surface area contributed by atoms with Gasteiger partial charge in [0.15, 0.2) is 0 Å². The van der Waals surface area contributed by atoms with Gasteiger partial charge in [0.05, 0.1) is 13.0 Å². The molecule has 0 spiro atoms. The molecule has 1 aromatic carbocycles. The van der Waals surface area contributed by atoms with Gasteiger partial charge in [0.25, 0.3) is 0 Å². The molecule has 0 unspecified atom stereocenters. The Labute approximate surface area is 95.0 Å². The largest absolute Gasteiger partial charge is 0.497 e. The molecule has 1 aliphatic heterocycles. The molecule has 0 aliphatic carbocycles. The smallest absolute Gasteiger partial charge is 0.230 e. The molecule has 16 heavy (non-hydrogen) atoms. The monoisotopic (exact) mass is 220 g/mol. The highest BCUT2D eigenvalue weighted by Crippen LogP contribution is 2.21. The zero-order chi connectivity index (χ0) is 11.5. The molecule has 4 nitrogen and oxygen atoms in total.